The number of likely N-dealkylation sites (tertiary alicyclic amines) is 1. The van der Waals surface area contributed by atoms with Gasteiger partial charge in [-0.3, -0.25) is 5.32 Å². The Labute approximate surface area is 206 Å². The Morgan fingerprint density at radius 1 is 1.43 bits per heavy atom. The first-order chi connectivity index (χ1) is 16.7. The third-order valence-corrected chi connectivity index (χ3v) is 7.38. The number of anilines is 2. The lowest BCUT2D eigenvalue weighted by atomic mass is 10.0. The van der Waals surface area contributed by atoms with Gasteiger partial charge in [-0.2, -0.15) is 10.2 Å². The Balaban J connectivity index is 1.19. The van der Waals surface area contributed by atoms with Gasteiger partial charge < -0.3 is 24.6 Å². The number of nitriles is 1. The molecule has 2 fully saturated rings. The number of carbonyl (C=O) groups excluding carboxylic acids is 1. The van der Waals surface area contributed by atoms with Gasteiger partial charge in [0.1, 0.15) is 18.3 Å². The molecule has 5 rings (SSSR count). The van der Waals surface area contributed by atoms with Gasteiger partial charge in [-0.15, -0.1) is 4.37 Å². The first-order valence-corrected chi connectivity index (χ1v) is 12.3. The summed E-state index contributed by atoms with van der Waals surface area (Å²) in [5, 5.41) is 23.5. The average molecular weight is 497 g/mol. The molecule has 0 radical (unpaired) electrons. The Morgan fingerprint density at radius 3 is 2.86 bits per heavy atom. The molecule has 12 heteroatoms. The van der Waals surface area contributed by atoms with Crippen LogP contribution in [0.25, 0.3) is 11.0 Å². The zero-order valence-electron chi connectivity index (χ0n) is 19.9. The van der Waals surface area contributed by atoms with Crippen molar-refractivity contribution >= 4 is 39.4 Å². The standard InChI is InChI=1S/C23H28N8O3S/c1-23(2,33)12-34-20-27-21(35-29-20)28-22(32)31-10-13-6-16(7-14(13)11-31)30(3)18-15(8-24)9-26-19-17(18)4-5-25-19/h4-5,9,13-14,16,33H,6-7,10-12H2,1-3H3,(H,25,26)(H,27,28,29,32)/t13-,14?,16?/m1/s1. The molecular formula is C23H28N8O3S. The van der Waals surface area contributed by atoms with E-state index in [4.69, 9.17) is 4.74 Å². The highest BCUT2D eigenvalue weighted by molar-refractivity contribution is 7.10. The molecule has 0 spiro atoms. The Morgan fingerprint density at radius 2 is 2.17 bits per heavy atom. The highest BCUT2D eigenvalue weighted by Gasteiger charge is 2.44. The molecule has 1 saturated heterocycles. The highest BCUT2D eigenvalue weighted by atomic mass is 32.1. The van der Waals surface area contributed by atoms with Crippen LogP contribution >= 0.6 is 11.5 Å². The first kappa shape index (κ1) is 23.3. The predicted octanol–water partition coefficient (Wildman–Crippen LogP) is 2.81. The number of urea groups is 1. The number of hydrogen-bond donors (Lipinski definition) is 3. The van der Waals surface area contributed by atoms with Crippen molar-refractivity contribution in [2.45, 2.75) is 38.3 Å². The van der Waals surface area contributed by atoms with Crippen molar-refractivity contribution < 1.29 is 14.6 Å². The lowest BCUT2D eigenvalue weighted by Gasteiger charge is -2.29. The van der Waals surface area contributed by atoms with Gasteiger partial charge in [0, 0.05) is 55.5 Å². The van der Waals surface area contributed by atoms with Gasteiger partial charge >= 0.3 is 12.0 Å². The number of nitrogens with one attached hydrogen (secondary N) is 2. The lowest BCUT2D eigenvalue weighted by molar-refractivity contribution is 0.0255. The maximum Gasteiger partial charge on any atom is 0.330 e. The predicted molar refractivity (Wildman–Crippen MR) is 132 cm³/mol. The van der Waals surface area contributed by atoms with Crippen molar-refractivity contribution in [2.75, 3.05) is 37.0 Å². The second-order valence-electron chi connectivity index (χ2n) is 9.95. The van der Waals surface area contributed by atoms with E-state index in [2.05, 4.69) is 35.6 Å². The molecule has 3 N–H and O–H groups in total. The smallest absolute Gasteiger partial charge is 0.330 e. The molecule has 3 aromatic heterocycles. The number of hydrogen-bond acceptors (Lipinski definition) is 9. The number of aromatic amines is 1. The van der Waals surface area contributed by atoms with Gasteiger partial charge in [0.2, 0.25) is 5.13 Å². The quantitative estimate of drug-likeness (QED) is 0.473. The molecule has 1 aliphatic carbocycles. The van der Waals surface area contributed by atoms with E-state index in [1.54, 1.807) is 20.0 Å². The molecule has 0 aromatic carbocycles. The van der Waals surface area contributed by atoms with Crippen LogP contribution in [-0.2, 0) is 0 Å². The summed E-state index contributed by atoms with van der Waals surface area (Å²) in [7, 11) is 2.05. The molecular weight excluding hydrogens is 468 g/mol. The number of nitrogens with zero attached hydrogens (tertiary/aromatic N) is 6. The minimum atomic E-state index is -0.991. The normalized spacial score (nSPS) is 21.7. The monoisotopic (exact) mass is 496 g/mol. The van der Waals surface area contributed by atoms with Crippen molar-refractivity contribution in [1.29, 1.82) is 5.26 Å². The van der Waals surface area contributed by atoms with E-state index in [-0.39, 0.29) is 18.6 Å². The van der Waals surface area contributed by atoms with Gasteiger partial charge in [0.25, 0.3) is 0 Å². The van der Waals surface area contributed by atoms with Gasteiger partial charge in [-0.05, 0) is 44.6 Å². The topological polar surface area (TPSA) is 143 Å². The van der Waals surface area contributed by atoms with Crippen molar-refractivity contribution in [3.8, 4) is 12.1 Å². The highest BCUT2D eigenvalue weighted by Crippen LogP contribution is 2.42. The second-order valence-corrected chi connectivity index (χ2v) is 10.7. The summed E-state index contributed by atoms with van der Waals surface area (Å²) in [6, 6.07) is 4.49. The lowest BCUT2D eigenvalue weighted by Crippen LogP contribution is -2.36. The molecule has 3 atom stereocenters. The Kier molecular flexibility index (Phi) is 5.98. The zero-order chi connectivity index (χ0) is 24.7. The van der Waals surface area contributed by atoms with Crippen LogP contribution in [0.5, 0.6) is 6.01 Å². The van der Waals surface area contributed by atoms with E-state index < -0.39 is 5.60 Å². The fourth-order valence-electron chi connectivity index (χ4n) is 5.12. The SMILES string of the molecule is CN(c1c(C#N)cnc2[nH]ccc12)C1CC2CN(C(=O)Nc3nc(OCC(C)(C)O)ns3)C[C@H]2C1. The number of rotatable bonds is 6. The zero-order valence-corrected chi connectivity index (χ0v) is 20.7. The molecule has 0 bridgehead atoms. The number of amides is 2. The maximum atomic E-state index is 12.8. The van der Waals surface area contributed by atoms with Crippen LogP contribution in [0.3, 0.4) is 0 Å². The number of aromatic nitrogens is 4. The first-order valence-electron chi connectivity index (χ1n) is 11.6. The van der Waals surface area contributed by atoms with E-state index in [0.717, 1.165) is 41.1 Å². The van der Waals surface area contributed by atoms with Crippen LogP contribution in [0.15, 0.2) is 18.5 Å². The average Bonchev–Trinajstić information content (AvgIpc) is 3.59. The molecule has 2 unspecified atom stereocenters. The van der Waals surface area contributed by atoms with E-state index >= 15 is 0 Å². The fourth-order valence-corrected chi connectivity index (χ4v) is 5.63. The minimum Gasteiger partial charge on any atom is -0.460 e. The molecule has 1 aliphatic heterocycles. The van der Waals surface area contributed by atoms with E-state index in [1.165, 1.54) is 0 Å². The number of ether oxygens (including phenoxy) is 1. The van der Waals surface area contributed by atoms with Crippen molar-refractivity contribution in [3.63, 3.8) is 0 Å². The summed E-state index contributed by atoms with van der Waals surface area (Å²) >= 11 is 1.05. The fraction of sp³-hybridized carbons (Fsp3) is 0.522. The number of carbonyl (C=O) groups is 1. The molecule has 35 heavy (non-hydrogen) atoms. The van der Waals surface area contributed by atoms with Gasteiger partial charge in [0.15, 0.2) is 0 Å². The Bertz CT molecular complexity index is 1260. The number of pyridine rings is 1. The number of aliphatic hydroxyl groups is 1. The summed E-state index contributed by atoms with van der Waals surface area (Å²) in [4.78, 5) is 28.5. The van der Waals surface area contributed by atoms with Gasteiger partial charge in [-0.25, -0.2) is 9.78 Å². The molecule has 3 aromatic rings. The number of H-pyrrole nitrogens is 1. The largest absolute Gasteiger partial charge is 0.460 e. The Hall–Kier alpha value is -3.43. The molecule has 11 nitrogen and oxygen atoms in total. The van der Waals surface area contributed by atoms with E-state index in [9.17, 15) is 15.2 Å². The van der Waals surface area contributed by atoms with Crippen molar-refractivity contribution in [3.05, 3.63) is 24.0 Å². The molecule has 2 aliphatic rings. The molecule has 2 amide bonds. The van der Waals surface area contributed by atoms with Crippen LogP contribution in [0.2, 0.25) is 0 Å². The van der Waals surface area contributed by atoms with E-state index in [0.29, 0.717) is 41.7 Å². The minimum absolute atomic E-state index is 0.0627. The second kappa shape index (κ2) is 8.98. The van der Waals surface area contributed by atoms with Gasteiger partial charge in [-0.1, -0.05) is 0 Å². The third-order valence-electron chi connectivity index (χ3n) is 6.77. The van der Waals surface area contributed by atoms with Gasteiger partial charge in [0.05, 0.1) is 16.9 Å². The molecule has 184 valence electrons. The summed E-state index contributed by atoms with van der Waals surface area (Å²) < 4.78 is 9.45. The molecule has 4 heterocycles. The van der Waals surface area contributed by atoms with Crippen LogP contribution in [-0.4, -0.2) is 73.7 Å². The maximum absolute atomic E-state index is 12.8. The summed E-state index contributed by atoms with van der Waals surface area (Å²) in [6.45, 7) is 4.70. The van der Waals surface area contributed by atoms with Crippen molar-refractivity contribution in [1.82, 2.24) is 24.2 Å². The van der Waals surface area contributed by atoms with Crippen LogP contribution in [0.4, 0.5) is 15.6 Å². The summed E-state index contributed by atoms with van der Waals surface area (Å²) in [6.07, 6.45) is 5.38. The third kappa shape index (κ3) is 4.74. The summed E-state index contributed by atoms with van der Waals surface area (Å²) in [5.74, 6) is 0.810. The van der Waals surface area contributed by atoms with E-state index in [1.807, 2.05) is 24.2 Å². The van der Waals surface area contributed by atoms with Crippen molar-refractivity contribution in [2.24, 2.45) is 11.8 Å². The van der Waals surface area contributed by atoms with Crippen LogP contribution < -0.4 is 15.0 Å². The molecule has 1 saturated carbocycles. The van der Waals surface area contributed by atoms with Crippen LogP contribution in [0, 0.1) is 23.2 Å². The van der Waals surface area contributed by atoms with Crippen LogP contribution in [0.1, 0.15) is 32.3 Å². The summed E-state index contributed by atoms with van der Waals surface area (Å²) in [5.41, 5.74) is 1.27. The number of fused-ring (bicyclic) bond motifs is 2.